The summed E-state index contributed by atoms with van der Waals surface area (Å²) in [6, 6.07) is 0. The summed E-state index contributed by atoms with van der Waals surface area (Å²) in [5, 5.41) is 0. The Morgan fingerprint density at radius 1 is 1.62 bits per heavy atom. The number of aliphatic imine (C=N–C) groups is 1. The van der Waals surface area contributed by atoms with Crippen molar-refractivity contribution in [3.05, 3.63) is 0 Å². The first-order valence-corrected chi connectivity index (χ1v) is 5.94. The van der Waals surface area contributed by atoms with Crippen LogP contribution in [0.5, 0.6) is 0 Å². The molecule has 1 heterocycles. The van der Waals surface area contributed by atoms with Crippen LogP contribution < -0.4 is 11.3 Å². The van der Waals surface area contributed by atoms with Crippen molar-refractivity contribution in [2.24, 2.45) is 22.7 Å². The number of guanidine groups is 1. The van der Waals surface area contributed by atoms with Gasteiger partial charge in [-0.3, -0.25) is 5.43 Å². The van der Waals surface area contributed by atoms with Crippen LogP contribution in [0.4, 0.5) is 0 Å². The normalized spacial score (nSPS) is 21.9. The monoisotopic (exact) mass is 228 g/mol. The summed E-state index contributed by atoms with van der Waals surface area (Å²) in [4.78, 5) is 6.61. The molecule has 0 amide bonds. The highest BCUT2D eigenvalue weighted by molar-refractivity contribution is 5.79. The van der Waals surface area contributed by atoms with E-state index < -0.39 is 0 Å². The second kappa shape index (κ2) is 6.70. The SMILES string of the molecule is COCCN=C(NN)N1CCC(C(C)C)C1. The quantitative estimate of drug-likeness (QED) is 0.241. The molecule has 0 bridgehead atoms. The molecule has 0 aromatic carbocycles. The number of ether oxygens (including phenoxy) is 1. The molecule has 0 spiro atoms. The highest BCUT2D eigenvalue weighted by Gasteiger charge is 2.26. The van der Waals surface area contributed by atoms with Crippen LogP contribution in [0.25, 0.3) is 0 Å². The van der Waals surface area contributed by atoms with Gasteiger partial charge in [-0.25, -0.2) is 10.8 Å². The third-order valence-corrected chi connectivity index (χ3v) is 3.15. The lowest BCUT2D eigenvalue weighted by atomic mass is 9.95. The molecule has 0 saturated carbocycles. The lowest BCUT2D eigenvalue weighted by Gasteiger charge is -2.21. The van der Waals surface area contributed by atoms with Gasteiger partial charge in [0.25, 0.3) is 0 Å². The van der Waals surface area contributed by atoms with Gasteiger partial charge in [-0.2, -0.15) is 0 Å². The van der Waals surface area contributed by atoms with Crippen LogP contribution in [0, 0.1) is 11.8 Å². The summed E-state index contributed by atoms with van der Waals surface area (Å²) in [6.07, 6.45) is 1.22. The maximum absolute atomic E-state index is 5.49. The average Bonchev–Trinajstić information content (AvgIpc) is 2.74. The summed E-state index contributed by atoms with van der Waals surface area (Å²) in [5.74, 6) is 7.76. The van der Waals surface area contributed by atoms with Crippen LogP contribution >= 0.6 is 0 Å². The van der Waals surface area contributed by atoms with Gasteiger partial charge in [0.05, 0.1) is 13.2 Å². The molecular formula is C11H24N4O. The summed E-state index contributed by atoms with van der Waals surface area (Å²) in [5.41, 5.74) is 2.68. The van der Waals surface area contributed by atoms with E-state index in [0.29, 0.717) is 13.2 Å². The smallest absolute Gasteiger partial charge is 0.208 e. The van der Waals surface area contributed by atoms with Crippen molar-refractivity contribution in [3.8, 4) is 0 Å². The first-order chi connectivity index (χ1) is 7.69. The first-order valence-electron chi connectivity index (χ1n) is 5.94. The maximum atomic E-state index is 5.49. The summed E-state index contributed by atoms with van der Waals surface area (Å²) >= 11 is 0. The fraction of sp³-hybridized carbons (Fsp3) is 0.909. The van der Waals surface area contributed by atoms with Crippen LogP contribution in [0.2, 0.25) is 0 Å². The fourth-order valence-electron chi connectivity index (χ4n) is 2.00. The molecule has 1 fully saturated rings. The summed E-state index contributed by atoms with van der Waals surface area (Å²) < 4.78 is 4.96. The van der Waals surface area contributed by atoms with Gasteiger partial charge in [-0.05, 0) is 18.3 Å². The first kappa shape index (κ1) is 13.3. The van der Waals surface area contributed by atoms with Crippen molar-refractivity contribution in [3.63, 3.8) is 0 Å². The second-order valence-corrected chi connectivity index (χ2v) is 4.58. The van der Waals surface area contributed by atoms with E-state index in [0.717, 1.165) is 30.9 Å². The number of methoxy groups -OCH3 is 1. The zero-order valence-corrected chi connectivity index (χ0v) is 10.6. The number of nitrogens with zero attached hydrogens (tertiary/aromatic N) is 2. The third-order valence-electron chi connectivity index (χ3n) is 3.15. The van der Waals surface area contributed by atoms with E-state index >= 15 is 0 Å². The molecule has 5 heteroatoms. The van der Waals surface area contributed by atoms with E-state index in [1.165, 1.54) is 6.42 Å². The van der Waals surface area contributed by atoms with E-state index in [9.17, 15) is 0 Å². The number of hydrazine groups is 1. The minimum atomic E-state index is 0.632. The Hall–Kier alpha value is -0.810. The number of hydrogen-bond acceptors (Lipinski definition) is 3. The number of likely N-dealkylation sites (tertiary alicyclic amines) is 1. The van der Waals surface area contributed by atoms with Crippen LogP contribution in [0.15, 0.2) is 4.99 Å². The van der Waals surface area contributed by atoms with E-state index in [1.54, 1.807) is 7.11 Å². The van der Waals surface area contributed by atoms with E-state index in [2.05, 4.69) is 29.2 Å². The Bertz CT molecular complexity index is 230. The van der Waals surface area contributed by atoms with Gasteiger partial charge in [0.15, 0.2) is 0 Å². The second-order valence-electron chi connectivity index (χ2n) is 4.58. The Morgan fingerprint density at radius 2 is 2.38 bits per heavy atom. The Labute approximate surface area is 98.0 Å². The van der Waals surface area contributed by atoms with Gasteiger partial charge in [0, 0.05) is 20.2 Å². The Balaban J connectivity index is 2.45. The van der Waals surface area contributed by atoms with Crippen molar-refractivity contribution in [1.29, 1.82) is 0 Å². The molecule has 1 atom stereocenters. The Morgan fingerprint density at radius 3 is 2.88 bits per heavy atom. The van der Waals surface area contributed by atoms with Crippen molar-refractivity contribution in [1.82, 2.24) is 10.3 Å². The van der Waals surface area contributed by atoms with Gasteiger partial charge in [-0.1, -0.05) is 13.8 Å². The van der Waals surface area contributed by atoms with Gasteiger partial charge in [0.2, 0.25) is 5.96 Å². The van der Waals surface area contributed by atoms with E-state index in [4.69, 9.17) is 10.6 Å². The molecular weight excluding hydrogens is 204 g/mol. The highest BCUT2D eigenvalue weighted by Crippen LogP contribution is 2.23. The third kappa shape index (κ3) is 3.64. The molecule has 0 aliphatic carbocycles. The lowest BCUT2D eigenvalue weighted by Crippen LogP contribution is -2.44. The van der Waals surface area contributed by atoms with Gasteiger partial charge >= 0.3 is 0 Å². The molecule has 1 rings (SSSR count). The number of rotatable bonds is 4. The Kier molecular flexibility index (Phi) is 5.55. The van der Waals surface area contributed by atoms with Crippen molar-refractivity contribution < 1.29 is 4.74 Å². The van der Waals surface area contributed by atoms with Gasteiger partial charge in [-0.15, -0.1) is 0 Å². The molecule has 5 nitrogen and oxygen atoms in total. The molecule has 0 aromatic rings. The zero-order chi connectivity index (χ0) is 12.0. The lowest BCUT2D eigenvalue weighted by molar-refractivity contribution is 0.207. The van der Waals surface area contributed by atoms with Crippen LogP contribution in [-0.4, -0.2) is 44.2 Å². The predicted octanol–water partition coefficient (Wildman–Crippen LogP) is 0.430. The van der Waals surface area contributed by atoms with Gasteiger partial charge in [0.1, 0.15) is 0 Å². The number of nitrogens with one attached hydrogen (secondary N) is 1. The number of nitrogens with two attached hydrogens (primary N) is 1. The highest BCUT2D eigenvalue weighted by atomic mass is 16.5. The number of hydrogen-bond donors (Lipinski definition) is 2. The minimum Gasteiger partial charge on any atom is -0.383 e. The van der Waals surface area contributed by atoms with Crippen LogP contribution in [-0.2, 0) is 4.74 Å². The molecule has 1 unspecified atom stereocenters. The largest absolute Gasteiger partial charge is 0.383 e. The van der Waals surface area contributed by atoms with Crippen LogP contribution in [0.1, 0.15) is 20.3 Å². The molecule has 0 aromatic heterocycles. The van der Waals surface area contributed by atoms with Crippen molar-refractivity contribution in [2.75, 3.05) is 33.4 Å². The van der Waals surface area contributed by atoms with E-state index in [1.807, 2.05) is 0 Å². The standard InChI is InChI=1S/C11H24N4O/c1-9(2)10-4-6-15(8-10)11(14-12)13-5-7-16-3/h9-10H,4-8,12H2,1-3H3,(H,13,14). The molecule has 94 valence electrons. The van der Waals surface area contributed by atoms with Crippen molar-refractivity contribution in [2.45, 2.75) is 20.3 Å². The zero-order valence-electron chi connectivity index (χ0n) is 10.6. The molecule has 0 radical (unpaired) electrons. The minimum absolute atomic E-state index is 0.632. The molecule has 1 saturated heterocycles. The molecule has 3 N–H and O–H groups in total. The van der Waals surface area contributed by atoms with Crippen molar-refractivity contribution >= 4 is 5.96 Å². The maximum Gasteiger partial charge on any atom is 0.208 e. The topological polar surface area (TPSA) is 62.9 Å². The van der Waals surface area contributed by atoms with E-state index in [-0.39, 0.29) is 0 Å². The van der Waals surface area contributed by atoms with Gasteiger partial charge < -0.3 is 9.64 Å². The van der Waals surface area contributed by atoms with Crippen LogP contribution in [0.3, 0.4) is 0 Å². The molecule has 16 heavy (non-hydrogen) atoms. The predicted molar refractivity (Wildman–Crippen MR) is 66.0 cm³/mol. The summed E-state index contributed by atoms with van der Waals surface area (Å²) in [6.45, 7) is 7.91. The fourth-order valence-corrected chi connectivity index (χ4v) is 2.00. The molecule has 1 aliphatic heterocycles. The average molecular weight is 228 g/mol. The molecule has 1 aliphatic rings. The summed E-state index contributed by atoms with van der Waals surface area (Å²) in [7, 11) is 1.68.